The van der Waals surface area contributed by atoms with Crippen molar-refractivity contribution < 1.29 is 9.59 Å². The number of carbonyl (C=O) groups is 2. The summed E-state index contributed by atoms with van der Waals surface area (Å²) in [6.45, 7) is 6.97. The number of imide groups is 1. The molecule has 0 unspecified atom stereocenters. The zero-order valence-electron chi connectivity index (χ0n) is 7.25. The van der Waals surface area contributed by atoms with Gasteiger partial charge in [0.05, 0.1) is 6.42 Å². The maximum atomic E-state index is 11.0. The fourth-order valence-electron chi connectivity index (χ4n) is 0.718. The van der Waals surface area contributed by atoms with Crippen LogP contribution in [0.5, 0.6) is 0 Å². The van der Waals surface area contributed by atoms with Crippen LogP contribution in [0.3, 0.4) is 0 Å². The minimum Gasteiger partial charge on any atom is -0.351 e. The van der Waals surface area contributed by atoms with Gasteiger partial charge in [0, 0.05) is 0 Å². The van der Waals surface area contributed by atoms with Gasteiger partial charge in [-0.05, 0) is 5.57 Å². The largest absolute Gasteiger partial charge is 0.351 e. The van der Waals surface area contributed by atoms with E-state index in [0.717, 1.165) is 0 Å². The number of allylic oxidation sites excluding steroid dienone is 3. The first-order valence-electron chi connectivity index (χ1n) is 3.63. The third-order valence-corrected chi connectivity index (χ3v) is 1.22. The normalized spacial score (nSPS) is 10.3. The van der Waals surface area contributed by atoms with E-state index in [1.807, 2.05) is 5.32 Å². The lowest BCUT2D eigenvalue weighted by atomic mass is 10.1. The first kappa shape index (κ1) is 11.2. The molecule has 0 aliphatic heterocycles. The van der Waals surface area contributed by atoms with Crippen LogP contribution in [0, 0.1) is 0 Å². The van der Waals surface area contributed by atoms with Crippen LogP contribution < -0.4 is 11.1 Å². The maximum absolute atomic E-state index is 11.0. The predicted octanol–water partition coefficient (Wildman–Crippen LogP) is 0.870. The van der Waals surface area contributed by atoms with E-state index in [-0.39, 0.29) is 6.42 Å². The summed E-state index contributed by atoms with van der Waals surface area (Å²) < 4.78 is 0. The fraction of sp³-hybridized carbons (Fsp3) is 0.111. The van der Waals surface area contributed by atoms with Crippen LogP contribution in [-0.4, -0.2) is 11.9 Å². The van der Waals surface area contributed by atoms with Crippen molar-refractivity contribution >= 4 is 11.9 Å². The highest BCUT2D eigenvalue weighted by Gasteiger charge is 2.04. The zero-order valence-corrected chi connectivity index (χ0v) is 7.25. The molecule has 0 aliphatic carbocycles. The van der Waals surface area contributed by atoms with E-state index in [4.69, 9.17) is 5.73 Å². The number of hydrogen-bond acceptors (Lipinski definition) is 2. The highest BCUT2D eigenvalue weighted by atomic mass is 16.2. The monoisotopic (exact) mass is 180 g/mol. The summed E-state index contributed by atoms with van der Waals surface area (Å²) in [7, 11) is 0. The second-order valence-corrected chi connectivity index (χ2v) is 2.27. The van der Waals surface area contributed by atoms with Gasteiger partial charge in [0.25, 0.3) is 0 Å². The van der Waals surface area contributed by atoms with Gasteiger partial charge in [0.15, 0.2) is 0 Å². The molecular weight excluding hydrogens is 168 g/mol. The van der Waals surface area contributed by atoms with Crippen LogP contribution in [0.4, 0.5) is 4.79 Å². The highest BCUT2D eigenvalue weighted by Crippen LogP contribution is 2.01. The summed E-state index contributed by atoms with van der Waals surface area (Å²) in [6, 6.07) is -0.855. The maximum Gasteiger partial charge on any atom is 0.318 e. The lowest BCUT2D eigenvalue weighted by Crippen LogP contribution is -2.34. The van der Waals surface area contributed by atoms with Crippen molar-refractivity contribution in [2.75, 3.05) is 0 Å². The van der Waals surface area contributed by atoms with E-state index in [1.165, 1.54) is 12.2 Å². The Labute approximate surface area is 76.8 Å². The number of urea groups is 1. The predicted molar refractivity (Wildman–Crippen MR) is 50.8 cm³/mol. The molecule has 0 saturated carbocycles. The van der Waals surface area contributed by atoms with Crippen LogP contribution in [0.15, 0.2) is 37.0 Å². The van der Waals surface area contributed by atoms with E-state index >= 15 is 0 Å². The summed E-state index contributed by atoms with van der Waals surface area (Å²) >= 11 is 0. The van der Waals surface area contributed by atoms with E-state index in [9.17, 15) is 9.59 Å². The van der Waals surface area contributed by atoms with Gasteiger partial charge in [-0.3, -0.25) is 10.1 Å². The Kier molecular flexibility index (Phi) is 4.95. The van der Waals surface area contributed by atoms with Crippen molar-refractivity contribution in [3.8, 4) is 0 Å². The molecule has 0 radical (unpaired) electrons. The van der Waals surface area contributed by atoms with Crippen molar-refractivity contribution in [1.82, 2.24) is 5.32 Å². The van der Waals surface area contributed by atoms with Crippen molar-refractivity contribution in [3.63, 3.8) is 0 Å². The average Bonchev–Trinajstić information content (AvgIpc) is 2.02. The van der Waals surface area contributed by atoms with Gasteiger partial charge in [-0.25, -0.2) is 4.79 Å². The Morgan fingerprint density at radius 2 is 2.00 bits per heavy atom. The minimum absolute atomic E-state index is 0.0679. The van der Waals surface area contributed by atoms with Crippen molar-refractivity contribution in [2.24, 2.45) is 5.73 Å². The van der Waals surface area contributed by atoms with E-state index < -0.39 is 11.9 Å². The highest BCUT2D eigenvalue weighted by molar-refractivity contribution is 5.94. The van der Waals surface area contributed by atoms with Crippen molar-refractivity contribution in [3.05, 3.63) is 37.0 Å². The number of carbonyl (C=O) groups excluding carboxylic acids is 2. The summed E-state index contributed by atoms with van der Waals surface area (Å²) in [6.07, 6.45) is 4.75. The zero-order chi connectivity index (χ0) is 10.3. The summed E-state index contributed by atoms with van der Waals surface area (Å²) in [4.78, 5) is 21.2. The summed E-state index contributed by atoms with van der Waals surface area (Å²) in [5.74, 6) is -0.458. The number of primary amides is 1. The lowest BCUT2D eigenvalue weighted by molar-refractivity contribution is -0.119. The Balaban J connectivity index is 4.17. The molecule has 0 aromatic carbocycles. The second-order valence-electron chi connectivity index (χ2n) is 2.27. The number of amides is 3. The lowest BCUT2D eigenvalue weighted by Gasteiger charge is -2.00. The van der Waals surface area contributed by atoms with Crippen molar-refractivity contribution in [2.45, 2.75) is 6.42 Å². The molecule has 13 heavy (non-hydrogen) atoms. The Morgan fingerprint density at radius 3 is 2.38 bits per heavy atom. The molecule has 0 aromatic heterocycles. The van der Waals surface area contributed by atoms with Crippen LogP contribution >= 0.6 is 0 Å². The fourth-order valence-corrected chi connectivity index (χ4v) is 0.718. The van der Waals surface area contributed by atoms with Crippen LogP contribution in [0.1, 0.15) is 6.42 Å². The summed E-state index contributed by atoms with van der Waals surface area (Å²) in [5.41, 5.74) is 5.42. The molecule has 70 valence electrons. The molecule has 0 bridgehead atoms. The van der Waals surface area contributed by atoms with Gasteiger partial charge in [-0.15, -0.1) is 0 Å². The Bertz CT molecular complexity index is 267. The molecule has 0 rings (SSSR count). The molecule has 0 aliphatic rings. The second kappa shape index (κ2) is 5.77. The smallest absolute Gasteiger partial charge is 0.318 e. The number of rotatable bonds is 4. The van der Waals surface area contributed by atoms with Gasteiger partial charge >= 0.3 is 6.03 Å². The average molecular weight is 180 g/mol. The molecule has 4 nitrogen and oxygen atoms in total. The SMILES string of the molecule is C=C/C=C(\C=C)CC(=O)NC(N)=O. The Hall–Kier alpha value is -1.84. The van der Waals surface area contributed by atoms with Crippen LogP contribution in [0.25, 0.3) is 0 Å². The number of hydrogen-bond donors (Lipinski definition) is 2. The first-order chi connectivity index (χ1) is 6.10. The van der Waals surface area contributed by atoms with Gasteiger partial charge in [-0.2, -0.15) is 0 Å². The van der Waals surface area contributed by atoms with Gasteiger partial charge in [0.1, 0.15) is 0 Å². The van der Waals surface area contributed by atoms with Crippen LogP contribution in [-0.2, 0) is 4.79 Å². The molecule has 3 N–H and O–H groups in total. The van der Waals surface area contributed by atoms with Crippen molar-refractivity contribution in [1.29, 1.82) is 0 Å². The summed E-state index contributed by atoms with van der Waals surface area (Å²) in [5, 5.41) is 1.94. The number of nitrogens with two attached hydrogens (primary N) is 1. The molecule has 0 atom stereocenters. The molecule has 0 aromatic rings. The molecule has 0 fully saturated rings. The van der Waals surface area contributed by atoms with E-state index in [1.54, 1.807) is 6.08 Å². The van der Waals surface area contributed by atoms with Gasteiger partial charge in [0.2, 0.25) is 5.91 Å². The first-order valence-corrected chi connectivity index (χ1v) is 3.63. The standard InChI is InChI=1S/C9H12N2O2/c1-3-5-7(4-2)6-8(12)11-9(10)13/h3-5H,1-2,6H2,(H3,10,11,12,13)/b7-5+. The van der Waals surface area contributed by atoms with E-state index in [0.29, 0.717) is 5.57 Å². The molecule has 4 heteroatoms. The topological polar surface area (TPSA) is 72.2 Å². The minimum atomic E-state index is -0.855. The third-order valence-electron chi connectivity index (χ3n) is 1.22. The third kappa shape index (κ3) is 5.43. The number of nitrogens with one attached hydrogen (secondary N) is 1. The molecular formula is C9H12N2O2. The van der Waals surface area contributed by atoms with Gasteiger partial charge in [-0.1, -0.05) is 31.4 Å². The molecule has 0 saturated heterocycles. The molecule has 3 amide bonds. The van der Waals surface area contributed by atoms with Crippen LogP contribution in [0.2, 0.25) is 0 Å². The van der Waals surface area contributed by atoms with Gasteiger partial charge < -0.3 is 5.73 Å². The Morgan fingerprint density at radius 1 is 1.38 bits per heavy atom. The van der Waals surface area contributed by atoms with E-state index in [2.05, 4.69) is 13.2 Å². The molecule has 0 heterocycles. The quantitative estimate of drug-likeness (QED) is 0.630. The molecule has 0 spiro atoms.